The fourth-order valence-corrected chi connectivity index (χ4v) is 3.37. The molecule has 0 fully saturated rings. The van der Waals surface area contributed by atoms with Crippen LogP contribution in [0.15, 0.2) is 66.9 Å². The smallest absolute Gasteiger partial charge is 0.252 e. The Kier molecular flexibility index (Phi) is 4.83. The second kappa shape index (κ2) is 7.58. The van der Waals surface area contributed by atoms with Crippen molar-refractivity contribution < 1.29 is 9.18 Å². The number of pyridine rings is 1. The van der Waals surface area contributed by atoms with Gasteiger partial charge in [-0.3, -0.25) is 4.79 Å². The third-order valence-electron chi connectivity index (χ3n) is 4.81. The van der Waals surface area contributed by atoms with Crippen LogP contribution in [-0.4, -0.2) is 24.0 Å². The van der Waals surface area contributed by atoms with Crippen LogP contribution in [0.5, 0.6) is 0 Å². The molecule has 0 bridgehead atoms. The summed E-state index contributed by atoms with van der Waals surface area (Å²) in [6.45, 7) is 1.27. The van der Waals surface area contributed by atoms with E-state index in [9.17, 15) is 9.18 Å². The van der Waals surface area contributed by atoms with E-state index in [1.54, 1.807) is 30.5 Å². The lowest BCUT2D eigenvalue weighted by atomic mass is 10.1. The Hall–Kier alpha value is -3.21. The number of hydrogen-bond acceptors (Lipinski definition) is 3. The zero-order valence-corrected chi connectivity index (χ0v) is 14.9. The van der Waals surface area contributed by atoms with Crippen molar-refractivity contribution in [2.24, 2.45) is 0 Å². The van der Waals surface area contributed by atoms with E-state index in [4.69, 9.17) is 0 Å². The Morgan fingerprint density at radius 2 is 1.89 bits per heavy atom. The molecule has 0 aliphatic carbocycles. The summed E-state index contributed by atoms with van der Waals surface area (Å²) in [5.41, 5.74) is 3.58. The molecule has 1 amide bonds. The lowest BCUT2D eigenvalue weighted by Crippen LogP contribution is -2.26. The molecule has 0 radical (unpaired) electrons. The zero-order chi connectivity index (χ0) is 18.6. The highest BCUT2D eigenvalue weighted by Gasteiger charge is 2.20. The first-order chi connectivity index (χ1) is 13.2. The number of hydrogen-bond donors (Lipinski definition) is 1. The minimum atomic E-state index is -0.247. The maximum absolute atomic E-state index is 13.6. The van der Waals surface area contributed by atoms with Crippen molar-refractivity contribution in [2.45, 2.75) is 12.8 Å². The highest BCUT2D eigenvalue weighted by atomic mass is 19.1. The fraction of sp³-hybridized carbons (Fsp3) is 0.182. The van der Waals surface area contributed by atoms with E-state index < -0.39 is 0 Å². The summed E-state index contributed by atoms with van der Waals surface area (Å²) in [4.78, 5) is 18.9. The maximum atomic E-state index is 13.6. The van der Waals surface area contributed by atoms with Crippen LogP contribution in [0.3, 0.4) is 0 Å². The van der Waals surface area contributed by atoms with Crippen LogP contribution >= 0.6 is 0 Å². The van der Waals surface area contributed by atoms with Crippen LogP contribution in [0.25, 0.3) is 0 Å². The predicted octanol–water partition coefficient (Wildman–Crippen LogP) is 3.89. The highest BCUT2D eigenvalue weighted by Crippen LogP contribution is 2.32. The molecule has 0 atom stereocenters. The van der Waals surface area contributed by atoms with E-state index in [-0.39, 0.29) is 11.7 Å². The quantitative estimate of drug-likeness (QED) is 0.750. The Morgan fingerprint density at radius 3 is 2.70 bits per heavy atom. The lowest BCUT2D eigenvalue weighted by molar-refractivity contribution is 0.0953. The molecule has 5 heteroatoms. The van der Waals surface area contributed by atoms with Gasteiger partial charge in [0.1, 0.15) is 11.6 Å². The van der Waals surface area contributed by atoms with Gasteiger partial charge in [-0.25, -0.2) is 9.37 Å². The molecule has 0 unspecified atom stereocenters. The van der Waals surface area contributed by atoms with E-state index in [2.05, 4.69) is 27.3 Å². The molecule has 0 spiro atoms. The van der Waals surface area contributed by atoms with Crippen LogP contribution in [0.2, 0.25) is 0 Å². The van der Waals surface area contributed by atoms with Gasteiger partial charge in [-0.2, -0.15) is 0 Å². The van der Waals surface area contributed by atoms with Gasteiger partial charge in [-0.1, -0.05) is 36.4 Å². The van der Waals surface area contributed by atoms with Gasteiger partial charge in [0.05, 0.1) is 5.56 Å². The summed E-state index contributed by atoms with van der Waals surface area (Å²) in [5.74, 6) is 0.388. The number of amides is 1. The Bertz CT molecular complexity index is 956. The number of halogens is 1. The summed E-state index contributed by atoms with van der Waals surface area (Å²) < 4.78 is 13.6. The molecule has 2 aromatic carbocycles. The standard InChI is InChI=1S/C22H20FN3O/c23-19-7-3-1-5-16(19)11-13-24-22(27)18-9-10-21(25-15-18)26-14-12-17-6-2-4-8-20(17)26/h1-10,15H,11-14H2,(H,24,27). The van der Waals surface area contributed by atoms with E-state index in [0.29, 0.717) is 24.1 Å². The van der Waals surface area contributed by atoms with Gasteiger partial charge >= 0.3 is 0 Å². The number of fused-ring (bicyclic) bond motifs is 1. The Morgan fingerprint density at radius 1 is 1.07 bits per heavy atom. The zero-order valence-electron chi connectivity index (χ0n) is 14.9. The van der Waals surface area contributed by atoms with Crippen LogP contribution in [0, 0.1) is 5.82 Å². The molecule has 4 rings (SSSR count). The van der Waals surface area contributed by atoms with Gasteiger partial charge in [0.2, 0.25) is 0 Å². The number of carbonyl (C=O) groups excluding carboxylic acids is 1. The van der Waals surface area contributed by atoms with Crippen molar-refractivity contribution in [1.29, 1.82) is 0 Å². The van der Waals surface area contributed by atoms with Crippen molar-refractivity contribution in [3.63, 3.8) is 0 Å². The first-order valence-electron chi connectivity index (χ1n) is 9.05. The van der Waals surface area contributed by atoms with E-state index in [1.165, 1.54) is 17.3 Å². The SMILES string of the molecule is O=C(NCCc1ccccc1F)c1ccc(N2CCc3ccccc32)nc1. The molecule has 3 aromatic rings. The number of rotatable bonds is 5. The molecule has 27 heavy (non-hydrogen) atoms. The van der Waals surface area contributed by atoms with Gasteiger partial charge < -0.3 is 10.2 Å². The number of carbonyl (C=O) groups is 1. The first-order valence-corrected chi connectivity index (χ1v) is 9.05. The maximum Gasteiger partial charge on any atom is 0.252 e. The molecule has 0 saturated heterocycles. The molecule has 4 nitrogen and oxygen atoms in total. The van der Waals surface area contributed by atoms with Crippen LogP contribution in [-0.2, 0) is 12.8 Å². The second-order valence-electron chi connectivity index (χ2n) is 6.53. The van der Waals surface area contributed by atoms with Crippen molar-refractivity contribution in [1.82, 2.24) is 10.3 Å². The number of aromatic nitrogens is 1. The van der Waals surface area contributed by atoms with E-state index >= 15 is 0 Å². The Balaban J connectivity index is 1.38. The highest BCUT2D eigenvalue weighted by molar-refractivity contribution is 5.94. The lowest BCUT2D eigenvalue weighted by Gasteiger charge is -2.18. The van der Waals surface area contributed by atoms with Crippen LogP contribution in [0.4, 0.5) is 15.9 Å². The van der Waals surface area contributed by atoms with E-state index in [1.807, 2.05) is 18.2 Å². The largest absolute Gasteiger partial charge is 0.352 e. The summed E-state index contributed by atoms with van der Waals surface area (Å²) in [5, 5.41) is 2.82. The second-order valence-corrected chi connectivity index (χ2v) is 6.53. The first kappa shape index (κ1) is 17.2. The summed E-state index contributed by atoms with van der Waals surface area (Å²) >= 11 is 0. The van der Waals surface area contributed by atoms with Gasteiger partial charge in [-0.15, -0.1) is 0 Å². The Labute approximate surface area is 157 Å². The third-order valence-corrected chi connectivity index (χ3v) is 4.81. The predicted molar refractivity (Wildman–Crippen MR) is 104 cm³/mol. The summed E-state index contributed by atoms with van der Waals surface area (Å²) in [6, 6.07) is 18.5. The van der Waals surface area contributed by atoms with Gasteiger partial charge in [0.15, 0.2) is 0 Å². The van der Waals surface area contributed by atoms with Crippen LogP contribution < -0.4 is 10.2 Å². The number of para-hydroxylation sites is 1. The molecule has 1 N–H and O–H groups in total. The molecular weight excluding hydrogens is 341 g/mol. The monoisotopic (exact) mass is 361 g/mol. The minimum Gasteiger partial charge on any atom is -0.352 e. The molecular formula is C22H20FN3O. The van der Waals surface area contributed by atoms with Crippen molar-refractivity contribution in [2.75, 3.05) is 18.0 Å². The van der Waals surface area contributed by atoms with Crippen molar-refractivity contribution in [3.05, 3.63) is 89.4 Å². The third kappa shape index (κ3) is 3.67. The van der Waals surface area contributed by atoms with Gasteiger partial charge in [0, 0.05) is 25.0 Å². The van der Waals surface area contributed by atoms with Crippen LogP contribution in [0.1, 0.15) is 21.5 Å². The van der Waals surface area contributed by atoms with Crippen molar-refractivity contribution >= 4 is 17.4 Å². The topological polar surface area (TPSA) is 45.2 Å². The number of benzene rings is 2. The normalized spacial score (nSPS) is 12.7. The van der Waals surface area contributed by atoms with Gasteiger partial charge in [0.25, 0.3) is 5.91 Å². The molecule has 2 heterocycles. The molecule has 1 aliphatic rings. The van der Waals surface area contributed by atoms with E-state index in [0.717, 1.165) is 18.8 Å². The van der Waals surface area contributed by atoms with Crippen molar-refractivity contribution in [3.8, 4) is 0 Å². The average Bonchev–Trinajstić information content (AvgIpc) is 3.14. The molecule has 1 aromatic heterocycles. The number of anilines is 2. The minimum absolute atomic E-state index is 0.202. The summed E-state index contributed by atoms with van der Waals surface area (Å²) in [6.07, 6.45) is 3.04. The number of nitrogens with zero attached hydrogens (tertiary/aromatic N) is 2. The average molecular weight is 361 g/mol. The van der Waals surface area contributed by atoms with Gasteiger partial charge in [-0.05, 0) is 48.2 Å². The number of nitrogens with one attached hydrogen (secondary N) is 1. The molecule has 136 valence electrons. The molecule has 1 aliphatic heterocycles. The summed E-state index contributed by atoms with van der Waals surface area (Å²) in [7, 11) is 0. The fourth-order valence-electron chi connectivity index (χ4n) is 3.37. The molecule has 0 saturated carbocycles.